The Hall–Kier alpha value is -2.15. The summed E-state index contributed by atoms with van der Waals surface area (Å²) in [4.78, 5) is 27.6. The number of carbonyl (C=O) groups is 2. The predicted molar refractivity (Wildman–Crippen MR) is 89.2 cm³/mol. The molecule has 7 nitrogen and oxygen atoms in total. The summed E-state index contributed by atoms with van der Waals surface area (Å²) < 4.78 is 16.5. The average Bonchev–Trinajstić information content (AvgIpc) is 3.11. The second-order valence-corrected chi connectivity index (χ2v) is 7.14. The van der Waals surface area contributed by atoms with Crippen molar-refractivity contribution >= 4 is 23.6 Å². The highest BCUT2D eigenvalue weighted by molar-refractivity contribution is 6.31. The maximum absolute atomic E-state index is 12.7. The van der Waals surface area contributed by atoms with E-state index in [-0.39, 0.29) is 18.4 Å². The van der Waals surface area contributed by atoms with E-state index in [9.17, 15) is 9.59 Å². The number of hydrogen-bond acceptors (Lipinski definition) is 5. The van der Waals surface area contributed by atoms with Crippen molar-refractivity contribution in [1.82, 2.24) is 9.80 Å². The highest BCUT2D eigenvalue weighted by atomic mass is 35.5. The SMILES string of the molecule is CN1CC2(CCN(C(=O)Cc3cc4c(cc3Cl)OCCO4)C2)OC1=O. The van der Waals surface area contributed by atoms with E-state index in [0.29, 0.717) is 61.4 Å². The third-order valence-electron chi connectivity index (χ3n) is 4.86. The summed E-state index contributed by atoms with van der Waals surface area (Å²) in [6, 6.07) is 3.46. The molecule has 1 spiro atoms. The number of halogens is 1. The largest absolute Gasteiger partial charge is 0.486 e. The van der Waals surface area contributed by atoms with Crippen molar-refractivity contribution in [1.29, 1.82) is 0 Å². The second kappa shape index (κ2) is 5.98. The van der Waals surface area contributed by atoms with Crippen molar-refractivity contribution in [2.45, 2.75) is 18.4 Å². The maximum atomic E-state index is 12.7. The molecule has 134 valence electrons. The van der Waals surface area contributed by atoms with Crippen molar-refractivity contribution in [3.8, 4) is 11.5 Å². The topological polar surface area (TPSA) is 68.3 Å². The minimum atomic E-state index is -0.571. The van der Waals surface area contributed by atoms with E-state index < -0.39 is 5.60 Å². The molecule has 0 aliphatic carbocycles. The molecular formula is C17H19ClN2O5. The van der Waals surface area contributed by atoms with Crippen molar-refractivity contribution in [3.63, 3.8) is 0 Å². The number of rotatable bonds is 2. The first-order valence-electron chi connectivity index (χ1n) is 8.26. The first-order chi connectivity index (χ1) is 12.0. The van der Waals surface area contributed by atoms with Crippen molar-refractivity contribution in [2.24, 2.45) is 0 Å². The molecule has 0 radical (unpaired) electrons. The third-order valence-corrected chi connectivity index (χ3v) is 5.21. The van der Waals surface area contributed by atoms with Gasteiger partial charge in [-0.2, -0.15) is 0 Å². The molecule has 2 amide bonds. The molecule has 1 aromatic carbocycles. The van der Waals surface area contributed by atoms with E-state index in [1.807, 2.05) is 0 Å². The summed E-state index contributed by atoms with van der Waals surface area (Å²) in [6.07, 6.45) is 0.503. The molecule has 0 saturated carbocycles. The van der Waals surface area contributed by atoms with Gasteiger partial charge in [-0.3, -0.25) is 4.79 Å². The molecule has 25 heavy (non-hydrogen) atoms. The Morgan fingerprint density at radius 3 is 2.64 bits per heavy atom. The van der Waals surface area contributed by atoms with Crippen LogP contribution in [0.5, 0.6) is 11.5 Å². The van der Waals surface area contributed by atoms with Crippen LogP contribution in [0.3, 0.4) is 0 Å². The standard InChI is InChI=1S/C17H19ClN2O5/c1-19-9-17(25-16(19)22)2-3-20(10-17)15(21)7-11-6-13-14(8-12(11)18)24-5-4-23-13/h6,8H,2-5,7,9-10H2,1H3. The van der Waals surface area contributed by atoms with Crippen LogP contribution in [0.2, 0.25) is 5.02 Å². The van der Waals surface area contributed by atoms with Gasteiger partial charge < -0.3 is 24.0 Å². The molecular weight excluding hydrogens is 348 g/mol. The lowest BCUT2D eigenvalue weighted by Gasteiger charge is -2.23. The number of likely N-dealkylation sites (N-methyl/N-ethyl adjacent to an activating group) is 1. The van der Waals surface area contributed by atoms with Gasteiger partial charge in [-0.1, -0.05) is 11.6 Å². The third kappa shape index (κ3) is 2.97. The van der Waals surface area contributed by atoms with Gasteiger partial charge in [0, 0.05) is 31.1 Å². The number of fused-ring (bicyclic) bond motifs is 1. The lowest BCUT2D eigenvalue weighted by molar-refractivity contribution is -0.130. The highest BCUT2D eigenvalue weighted by Gasteiger charge is 2.49. The molecule has 1 aromatic rings. The second-order valence-electron chi connectivity index (χ2n) is 6.74. The molecule has 2 fully saturated rings. The van der Waals surface area contributed by atoms with Gasteiger partial charge in [-0.15, -0.1) is 0 Å². The molecule has 2 saturated heterocycles. The fraction of sp³-hybridized carbons (Fsp3) is 0.529. The van der Waals surface area contributed by atoms with Crippen LogP contribution in [0.1, 0.15) is 12.0 Å². The van der Waals surface area contributed by atoms with Crippen molar-refractivity contribution in [3.05, 3.63) is 22.7 Å². The fourth-order valence-electron chi connectivity index (χ4n) is 3.58. The Labute approximate surface area is 150 Å². The van der Waals surface area contributed by atoms with Gasteiger partial charge in [0.1, 0.15) is 13.2 Å². The van der Waals surface area contributed by atoms with Crippen LogP contribution in [0.25, 0.3) is 0 Å². The Kier molecular flexibility index (Phi) is 3.91. The Morgan fingerprint density at radius 1 is 1.24 bits per heavy atom. The summed E-state index contributed by atoms with van der Waals surface area (Å²) in [6.45, 7) is 2.48. The molecule has 0 bridgehead atoms. The Balaban J connectivity index is 1.45. The van der Waals surface area contributed by atoms with E-state index >= 15 is 0 Å². The smallest absolute Gasteiger partial charge is 0.410 e. The number of nitrogens with zero attached hydrogens (tertiary/aromatic N) is 2. The Morgan fingerprint density at radius 2 is 1.96 bits per heavy atom. The zero-order valence-corrected chi connectivity index (χ0v) is 14.7. The van der Waals surface area contributed by atoms with Crippen molar-refractivity contribution in [2.75, 3.05) is 39.9 Å². The van der Waals surface area contributed by atoms with E-state index in [1.165, 1.54) is 0 Å². The number of amides is 2. The fourth-order valence-corrected chi connectivity index (χ4v) is 3.80. The van der Waals surface area contributed by atoms with Crippen LogP contribution >= 0.6 is 11.6 Å². The van der Waals surface area contributed by atoms with Gasteiger partial charge in [0.15, 0.2) is 17.1 Å². The Bertz CT molecular complexity index is 740. The molecule has 1 atom stereocenters. The lowest BCUT2D eigenvalue weighted by Crippen LogP contribution is -2.39. The first-order valence-corrected chi connectivity index (χ1v) is 8.63. The normalized spacial score (nSPS) is 24.8. The van der Waals surface area contributed by atoms with Crippen LogP contribution in [0, 0.1) is 0 Å². The van der Waals surface area contributed by atoms with Crippen LogP contribution < -0.4 is 9.47 Å². The van der Waals surface area contributed by atoms with Gasteiger partial charge in [0.05, 0.1) is 19.5 Å². The molecule has 0 N–H and O–H groups in total. The summed E-state index contributed by atoms with van der Waals surface area (Å²) in [5.41, 5.74) is 0.135. The minimum Gasteiger partial charge on any atom is -0.486 e. The van der Waals surface area contributed by atoms with Gasteiger partial charge in [0.2, 0.25) is 5.91 Å². The van der Waals surface area contributed by atoms with Crippen LogP contribution in [0.4, 0.5) is 4.79 Å². The summed E-state index contributed by atoms with van der Waals surface area (Å²) in [5, 5.41) is 0.485. The summed E-state index contributed by atoms with van der Waals surface area (Å²) in [5.74, 6) is 1.18. The zero-order chi connectivity index (χ0) is 17.6. The minimum absolute atomic E-state index is 0.0407. The molecule has 0 aromatic heterocycles. The van der Waals surface area contributed by atoms with Crippen LogP contribution in [0.15, 0.2) is 12.1 Å². The molecule has 4 rings (SSSR count). The number of ether oxygens (including phenoxy) is 3. The first kappa shape index (κ1) is 16.3. The van der Waals surface area contributed by atoms with Gasteiger partial charge in [-0.05, 0) is 11.6 Å². The molecule has 3 aliphatic rings. The van der Waals surface area contributed by atoms with Gasteiger partial charge in [0.25, 0.3) is 0 Å². The van der Waals surface area contributed by atoms with E-state index in [4.69, 9.17) is 25.8 Å². The lowest BCUT2D eigenvalue weighted by atomic mass is 10.0. The van der Waals surface area contributed by atoms with Gasteiger partial charge in [-0.25, -0.2) is 4.79 Å². The highest BCUT2D eigenvalue weighted by Crippen LogP contribution is 2.36. The maximum Gasteiger partial charge on any atom is 0.410 e. The van der Waals surface area contributed by atoms with Crippen LogP contribution in [-0.2, 0) is 16.0 Å². The summed E-state index contributed by atoms with van der Waals surface area (Å²) in [7, 11) is 1.70. The quantitative estimate of drug-likeness (QED) is 0.797. The van der Waals surface area contributed by atoms with E-state index in [2.05, 4.69) is 0 Å². The molecule has 3 aliphatic heterocycles. The molecule has 1 unspecified atom stereocenters. The van der Waals surface area contributed by atoms with Crippen molar-refractivity contribution < 1.29 is 23.8 Å². The summed E-state index contributed by atoms with van der Waals surface area (Å²) >= 11 is 6.29. The van der Waals surface area contributed by atoms with E-state index in [1.54, 1.807) is 29.0 Å². The number of carbonyl (C=O) groups excluding carboxylic acids is 2. The predicted octanol–water partition coefficient (Wildman–Crippen LogP) is 1.71. The monoisotopic (exact) mass is 366 g/mol. The average molecular weight is 367 g/mol. The van der Waals surface area contributed by atoms with E-state index in [0.717, 1.165) is 0 Å². The van der Waals surface area contributed by atoms with Crippen LogP contribution in [-0.4, -0.2) is 67.3 Å². The molecule has 3 heterocycles. The number of hydrogen-bond donors (Lipinski definition) is 0. The zero-order valence-electron chi connectivity index (χ0n) is 13.9. The number of benzene rings is 1. The molecule has 8 heteroatoms. The number of likely N-dealkylation sites (tertiary alicyclic amines) is 1. The van der Waals surface area contributed by atoms with Gasteiger partial charge >= 0.3 is 6.09 Å².